The molecule has 0 aromatic heterocycles. The van der Waals surface area contributed by atoms with Crippen LogP contribution in [0.4, 0.5) is 4.79 Å². The molecule has 1 spiro atoms. The highest BCUT2D eigenvalue weighted by Crippen LogP contribution is 2.62. The summed E-state index contributed by atoms with van der Waals surface area (Å²) in [6.45, 7) is 16.6. The molecule has 8 nitrogen and oxygen atoms in total. The molecular formula is C30H54N3O5+. The van der Waals surface area contributed by atoms with Crippen molar-refractivity contribution in [2.24, 2.45) is 29.1 Å². The van der Waals surface area contributed by atoms with Crippen molar-refractivity contribution in [2.45, 2.75) is 104 Å². The molecule has 4 fully saturated rings. The number of nitrogens with zero attached hydrogens (tertiary/aromatic N) is 3. The van der Waals surface area contributed by atoms with Gasteiger partial charge in [-0.25, -0.2) is 9.63 Å². The highest BCUT2D eigenvalue weighted by atomic mass is 16.7. The van der Waals surface area contributed by atoms with E-state index in [1.807, 2.05) is 32.8 Å². The van der Waals surface area contributed by atoms with Crippen LogP contribution in [0.5, 0.6) is 0 Å². The average molecular weight is 537 g/mol. The normalized spacial score (nSPS) is 35.8. The molecule has 2 aliphatic carbocycles. The van der Waals surface area contributed by atoms with Gasteiger partial charge < -0.3 is 19.3 Å². The Balaban J connectivity index is 1.66. The van der Waals surface area contributed by atoms with Gasteiger partial charge in [0.2, 0.25) is 5.91 Å². The Morgan fingerprint density at radius 3 is 2.26 bits per heavy atom. The van der Waals surface area contributed by atoms with Gasteiger partial charge in [0.1, 0.15) is 17.7 Å². The van der Waals surface area contributed by atoms with Crippen LogP contribution in [-0.4, -0.2) is 97.2 Å². The van der Waals surface area contributed by atoms with Crippen molar-refractivity contribution < 1.29 is 28.5 Å². The Morgan fingerprint density at radius 2 is 1.68 bits per heavy atom. The van der Waals surface area contributed by atoms with Crippen molar-refractivity contribution in [3.63, 3.8) is 0 Å². The first-order chi connectivity index (χ1) is 17.5. The average Bonchev–Trinajstić information content (AvgIpc) is 3.38. The molecule has 4 aliphatic rings. The zero-order chi connectivity index (χ0) is 28.3. The maximum Gasteiger partial charge on any atom is 0.410 e. The molecule has 0 aromatic rings. The minimum Gasteiger partial charge on any atom is -0.444 e. The Labute approximate surface area is 230 Å². The lowest BCUT2D eigenvalue weighted by atomic mass is 9.60. The van der Waals surface area contributed by atoms with E-state index in [0.29, 0.717) is 60.7 Å². The van der Waals surface area contributed by atoms with Crippen LogP contribution in [0.25, 0.3) is 0 Å². The van der Waals surface area contributed by atoms with Crippen LogP contribution in [0.15, 0.2) is 0 Å². The van der Waals surface area contributed by atoms with E-state index < -0.39 is 5.60 Å². The number of carbonyl (C=O) groups excluding carboxylic acids is 2. The van der Waals surface area contributed by atoms with Gasteiger partial charge in [0.15, 0.2) is 0 Å². The maximum absolute atomic E-state index is 13.2. The Morgan fingerprint density at radius 1 is 1.00 bits per heavy atom. The molecule has 0 bridgehead atoms. The van der Waals surface area contributed by atoms with Crippen molar-refractivity contribution in [3.8, 4) is 0 Å². The van der Waals surface area contributed by atoms with Gasteiger partial charge in [-0.3, -0.25) is 4.79 Å². The van der Waals surface area contributed by atoms with Crippen LogP contribution in [0.3, 0.4) is 0 Å². The Kier molecular flexibility index (Phi) is 7.96. The van der Waals surface area contributed by atoms with Crippen LogP contribution >= 0.6 is 0 Å². The second kappa shape index (κ2) is 10.2. The standard InChI is InChI=1S/C30H54N3O5/c1-20(34)32-19-30(13-14-31(18-30)27(35)38-29(5,6)7)26-23-12-11-22(36-10)15-21(23)16-24(26)25(32)17-37-33(8,9)28(2,3)4/h21-26H,11-19H2,1-10H3/q+1/t21?,22?,23?,24?,25-,26?,30-/m1/s1. The molecule has 38 heavy (non-hydrogen) atoms. The summed E-state index contributed by atoms with van der Waals surface area (Å²) in [6.07, 6.45) is 5.47. The van der Waals surface area contributed by atoms with Crippen molar-refractivity contribution in [3.05, 3.63) is 0 Å². The first-order valence-electron chi connectivity index (χ1n) is 14.7. The van der Waals surface area contributed by atoms with E-state index in [0.717, 1.165) is 32.1 Å². The molecule has 7 atom stereocenters. The summed E-state index contributed by atoms with van der Waals surface area (Å²) in [5.41, 5.74) is -0.701. The predicted molar refractivity (Wildman–Crippen MR) is 147 cm³/mol. The smallest absolute Gasteiger partial charge is 0.410 e. The number of likely N-dealkylation sites (tertiary alicyclic amines) is 2. The molecule has 5 unspecified atom stereocenters. The summed E-state index contributed by atoms with van der Waals surface area (Å²) in [5.74, 6) is 2.13. The van der Waals surface area contributed by atoms with Crippen LogP contribution in [0, 0.1) is 29.1 Å². The van der Waals surface area contributed by atoms with E-state index in [1.54, 1.807) is 6.92 Å². The van der Waals surface area contributed by atoms with Gasteiger partial charge in [-0.05, 0) is 97.3 Å². The van der Waals surface area contributed by atoms with Crippen LogP contribution in [0.2, 0.25) is 0 Å². The number of fused-ring (bicyclic) bond motifs is 4. The first kappa shape index (κ1) is 29.6. The number of hydrogen-bond donors (Lipinski definition) is 0. The number of hydrogen-bond acceptors (Lipinski definition) is 5. The molecule has 0 N–H and O–H groups in total. The summed E-state index contributed by atoms with van der Waals surface area (Å²) in [5, 5.41) is 0. The van der Waals surface area contributed by atoms with Gasteiger partial charge >= 0.3 is 6.09 Å². The molecule has 2 aliphatic heterocycles. The quantitative estimate of drug-likeness (QED) is 0.384. The zero-order valence-electron chi connectivity index (χ0n) is 25.7. The van der Waals surface area contributed by atoms with Gasteiger partial charge in [-0.15, -0.1) is 0 Å². The third kappa shape index (κ3) is 5.60. The molecule has 2 heterocycles. The SMILES string of the molecule is COC1CCC2C(C1)CC1C2[C@@]2(CCN(C(=O)OC(C)(C)C)C2)CN(C(C)=O)[C@@H]1CO[N+](C)(C)C(C)(C)C. The largest absolute Gasteiger partial charge is 0.444 e. The van der Waals surface area contributed by atoms with Gasteiger partial charge in [0.25, 0.3) is 0 Å². The third-order valence-electron chi connectivity index (χ3n) is 10.5. The molecule has 0 radical (unpaired) electrons. The van der Waals surface area contributed by atoms with Crippen molar-refractivity contribution >= 4 is 12.0 Å². The lowest BCUT2D eigenvalue weighted by molar-refractivity contribution is -1.11. The molecule has 2 amide bonds. The molecule has 218 valence electrons. The number of methoxy groups -OCH3 is 1. The van der Waals surface area contributed by atoms with E-state index in [9.17, 15) is 9.59 Å². The fraction of sp³-hybridized carbons (Fsp3) is 0.933. The number of amides is 2. The van der Waals surface area contributed by atoms with Crippen LogP contribution in [-0.2, 0) is 19.1 Å². The van der Waals surface area contributed by atoms with Gasteiger partial charge in [0, 0.05) is 39.1 Å². The third-order valence-corrected chi connectivity index (χ3v) is 10.5. The van der Waals surface area contributed by atoms with E-state index in [1.165, 1.54) is 0 Å². The fourth-order valence-electron chi connectivity index (χ4n) is 7.91. The van der Waals surface area contributed by atoms with E-state index >= 15 is 0 Å². The number of ether oxygens (including phenoxy) is 2. The summed E-state index contributed by atoms with van der Waals surface area (Å²) in [6, 6.07) is 0.0463. The number of hydroxylamine groups is 3. The Bertz CT molecular complexity index is 893. The summed E-state index contributed by atoms with van der Waals surface area (Å²) in [7, 11) is 6.05. The molecule has 2 saturated carbocycles. The van der Waals surface area contributed by atoms with Crippen LogP contribution in [0.1, 0.15) is 80.6 Å². The van der Waals surface area contributed by atoms with Crippen molar-refractivity contribution in [1.82, 2.24) is 9.80 Å². The first-order valence-corrected chi connectivity index (χ1v) is 14.7. The lowest BCUT2D eigenvalue weighted by Gasteiger charge is -2.54. The van der Waals surface area contributed by atoms with Gasteiger partial charge in [-0.2, -0.15) is 4.65 Å². The summed E-state index contributed by atoms with van der Waals surface area (Å²) >= 11 is 0. The van der Waals surface area contributed by atoms with Gasteiger partial charge in [-0.1, -0.05) is 0 Å². The van der Waals surface area contributed by atoms with E-state index in [2.05, 4.69) is 39.8 Å². The minimum atomic E-state index is -0.523. The maximum atomic E-state index is 13.2. The molecular weight excluding hydrogens is 482 g/mol. The second-order valence-electron chi connectivity index (χ2n) is 15.1. The van der Waals surface area contributed by atoms with E-state index in [4.69, 9.17) is 14.3 Å². The summed E-state index contributed by atoms with van der Waals surface area (Å²) < 4.78 is 12.0. The fourth-order valence-corrected chi connectivity index (χ4v) is 7.91. The number of carbonyl (C=O) groups is 2. The van der Waals surface area contributed by atoms with Crippen molar-refractivity contribution in [1.29, 1.82) is 0 Å². The summed E-state index contributed by atoms with van der Waals surface area (Å²) in [4.78, 5) is 37.0. The second-order valence-corrected chi connectivity index (χ2v) is 15.1. The monoisotopic (exact) mass is 536 g/mol. The van der Waals surface area contributed by atoms with Crippen molar-refractivity contribution in [2.75, 3.05) is 47.4 Å². The molecule has 8 heteroatoms. The Hall–Kier alpha value is -1.38. The molecule has 2 saturated heterocycles. The van der Waals surface area contributed by atoms with E-state index in [-0.39, 0.29) is 29.0 Å². The number of quaternary nitrogens is 1. The number of rotatable bonds is 4. The highest BCUT2D eigenvalue weighted by Gasteiger charge is 2.63. The molecule has 0 aromatic carbocycles. The minimum absolute atomic E-state index is 0.0463. The lowest BCUT2D eigenvalue weighted by Crippen LogP contribution is -2.63. The topological polar surface area (TPSA) is 68.3 Å². The highest BCUT2D eigenvalue weighted by molar-refractivity contribution is 5.74. The number of piperidine rings is 1. The zero-order valence-corrected chi connectivity index (χ0v) is 25.7. The predicted octanol–water partition coefficient (Wildman–Crippen LogP) is 4.72. The van der Waals surface area contributed by atoms with Gasteiger partial charge in [0.05, 0.1) is 26.2 Å². The molecule has 4 rings (SSSR count). The van der Waals surface area contributed by atoms with Crippen LogP contribution < -0.4 is 0 Å².